The Hall–Kier alpha value is -1.72. The lowest BCUT2D eigenvalue weighted by Gasteiger charge is -2.28. The molecule has 1 saturated carbocycles. The molecule has 1 aliphatic carbocycles. The average molecular weight is 306 g/mol. The lowest BCUT2D eigenvalue weighted by atomic mass is 9.86. The number of nitrogens with zero attached hydrogens (tertiary/aromatic N) is 3. The van der Waals surface area contributed by atoms with Gasteiger partial charge in [0.15, 0.2) is 5.82 Å². The predicted molar refractivity (Wildman–Crippen MR) is 85.7 cm³/mol. The van der Waals surface area contributed by atoms with Gasteiger partial charge in [-0.1, -0.05) is 0 Å². The molecule has 22 heavy (non-hydrogen) atoms. The van der Waals surface area contributed by atoms with Crippen molar-refractivity contribution in [3.05, 3.63) is 6.20 Å². The monoisotopic (exact) mass is 306 g/mol. The summed E-state index contributed by atoms with van der Waals surface area (Å²) in [6.45, 7) is 2.10. The predicted octanol–water partition coefficient (Wildman–Crippen LogP) is 2.36. The van der Waals surface area contributed by atoms with Gasteiger partial charge in [0.25, 0.3) is 0 Å². The molecule has 0 atom stereocenters. The largest absolute Gasteiger partial charge is 0.469 e. The molecule has 1 aromatic heterocycles. The second-order valence-corrected chi connectivity index (χ2v) is 6.46. The molecule has 0 unspecified atom stereocenters. The van der Waals surface area contributed by atoms with Crippen molar-refractivity contribution in [1.82, 2.24) is 9.78 Å². The third-order valence-electron chi connectivity index (χ3n) is 5.00. The van der Waals surface area contributed by atoms with Gasteiger partial charge in [-0.25, -0.2) is 0 Å². The highest BCUT2D eigenvalue weighted by molar-refractivity contribution is 5.72. The number of ether oxygens (including phenoxy) is 1. The molecule has 6 nitrogen and oxygen atoms in total. The number of carbonyl (C=O) groups is 1. The van der Waals surface area contributed by atoms with Gasteiger partial charge in [-0.3, -0.25) is 9.48 Å². The minimum atomic E-state index is -0.0764. The van der Waals surface area contributed by atoms with E-state index in [4.69, 9.17) is 15.6 Å². The highest BCUT2D eigenvalue weighted by Gasteiger charge is 2.29. The molecule has 0 spiro atoms. The van der Waals surface area contributed by atoms with E-state index in [0.717, 1.165) is 50.3 Å². The molecule has 0 radical (unpaired) electrons. The normalized spacial score (nSPS) is 26.0. The average Bonchev–Trinajstić information content (AvgIpc) is 2.97. The lowest BCUT2D eigenvalue weighted by molar-refractivity contribution is -0.146. The van der Waals surface area contributed by atoms with Crippen molar-refractivity contribution >= 4 is 17.5 Å². The Bertz CT molecular complexity index is 514. The van der Waals surface area contributed by atoms with Crippen molar-refractivity contribution in [2.45, 2.75) is 51.0 Å². The van der Waals surface area contributed by atoms with Crippen molar-refractivity contribution in [2.24, 2.45) is 5.92 Å². The number of anilines is 2. The third kappa shape index (κ3) is 3.05. The second-order valence-electron chi connectivity index (χ2n) is 6.46. The first kappa shape index (κ1) is 15.2. The van der Waals surface area contributed by atoms with Crippen LogP contribution >= 0.6 is 0 Å². The van der Waals surface area contributed by atoms with E-state index >= 15 is 0 Å². The molecule has 1 aromatic rings. The van der Waals surface area contributed by atoms with Gasteiger partial charge in [-0.05, 0) is 44.9 Å². The third-order valence-corrected chi connectivity index (χ3v) is 5.00. The fourth-order valence-electron chi connectivity index (χ4n) is 3.68. The molecule has 0 bridgehead atoms. The van der Waals surface area contributed by atoms with Crippen molar-refractivity contribution < 1.29 is 9.53 Å². The summed E-state index contributed by atoms with van der Waals surface area (Å²) in [7, 11) is 1.47. The van der Waals surface area contributed by atoms with E-state index in [9.17, 15) is 4.79 Å². The van der Waals surface area contributed by atoms with Crippen molar-refractivity contribution in [2.75, 3.05) is 30.8 Å². The van der Waals surface area contributed by atoms with Gasteiger partial charge in [-0.15, -0.1) is 0 Å². The van der Waals surface area contributed by atoms with Gasteiger partial charge >= 0.3 is 5.97 Å². The maximum Gasteiger partial charge on any atom is 0.308 e. The first-order chi connectivity index (χ1) is 10.7. The maximum absolute atomic E-state index is 11.6. The Kier molecular flexibility index (Phi) is 4.55. The lowest BCUT2D eigenvalue weighted by Crippen LogP contribution is -2.30. The van der Waals surface area contributed by atoms with Crippen LogP contribution in [0.2, 0.25) is 0 Å². The molecule has 1 saturated heterocycles. The van der Waals surface area contributed by atoms with Crippen LogP contribution in [0, 0.1) is 5.92 Å². The Morgan fingerprint density at radius 2 is 1.91 bits per heavy atom. The number of hydrogen-bond donors (Lipinski definition) is 1. The Balaban J connectivity index is 1.65. The standard InChI is InChI=1S/C16H26N4O2/c1-22-16(21)12-5-7-13(8-6-12)20-11-14(17)15(18-20)19-9-3-2-4-10-19/h11-13H,2-10,17H2,1H3/t12-,13-. The number of aromatic nitrogens is 2. The zero-order valence-corrected chi connectivity index (χ0v) is 13.3. The number of rotatable bonds is 3. The Morgan fingerprint density at radius 1 is 1.23 bits per heavy atom. The molecule has 0 amide bonds. The van der Waals surface area contributed by atoms with Gasteiger partial charge in [0, 0.05) is 13.1 Å². The summed E-state index contributed by atoms with van der Waals surface area (Å²) in [5.41, 5.74) is 6.95. The van der Waals surface area contributed by atoms with Crippen molar-refractivity contribution in [3.63, 3.8) is 0 Å². The molecule has 2 aliphatic rings. The smallest absolute Gasteiger partial charge is 0.308 e. The van der Waals surface area contributed by atoms with Gasteiger partial charge in [0.2, 0.25) is 0 Å². The van der Waals surface area contributed by atoms with Gasteiger partial charge in [0.1, 0.15) is 0 Å². The number of methoxy groups -OCH3 is 1. The molecule has 0 aromatic carbocycles. The van der Waals surface area contributed by atoms with E-state index in [1.54, 1.807) is 0 Å². The van der Waals surface area contributed by atoms with E-state index in [1.807, 2.05) is 10.9 Å². The number of esters is 1. The van der Waals surface area contributed by atoms with Crippen LogP contribution in [-0.2, 0) is 9.53 Å². The summed E-state index contributed by atoms with van der Waals surface area (Å²) in [6, 6.07) is 0.349. The van der Waals surface area contributed by atoms with Crippen LogP contribution < -0.4 is 10.6 Å². The van der Waals surface area contributed by atoms with E-state index in [2.05, 4.69) is 4.90 Å². The summed E-state index contributed by atoms with van der Waals surface area (Å²) >= 11 is 0. The molecule has 2 heterocycles. The first-order valence-corrected chi connectivity index (χ1v) is 8.36. The molecule has 2 N–H and O–H groups in total. The molecule has 1 aliphatic heterocycles. The molecule has 3 rings (SSSR count). The number of nitrogen functional groups attached to an aromatic ring is 1. The van der Waals surface area contributed by atoms with E-state index in [0.29, 0.717) is 6.04 Å². The maximum atomic E-state index is 11.6. The van der Waals surface area contributed by atoms with E-state index < -0.39 is 0 Å². The van der Waals surface area contributed by atoms with Gasteiger partial charge < -0.3 is 15.4 Å². The van der Waals surface area contributed by atoms with Gasteiger partial charge in [-0.2, -0.15) is 5.10 Å². The number of nitrogens with two attached hydrogens (primary N) is 1. The molecular weight excluding hydrogens is 280 g/mol. The quantitative estimate of drug-likeness (QED) is 0.868. The van der Waals surface area contributed by atoms with E-state index in [1.165, 1.54) is 26.4 Å². The van der Waals surface area contributed by atoms with Crippen LogP contribution in [0.3, 0.4) is 0 Å². The summed E-state index contributed by atoms with van der Waals surface area (Å²) in [5.74, 6) is 0.915. The van der Waals surface area contributed by atoms with Crippen LogP contribution in [0.5, 0.6) is 0 Å². The SMILES string of the molecule is COC(=O)[C@H]1CC[C@H](n2cc(N)c(N3CCCCC3)n2)CC1. The van der Waals surface area contributed by atoms with Gasteiger partial charge in [0.05, 0.1) is 31.0 Å². The minimum absolute atomic E-state index is 0.0516. The summed E-state index contributed by atoms with van der Waals surface area (Å²) in [5, 5.41) is 4.75. The number of piperidine rings is 1. The first-order valence-electron chi connectivity index (χ1n) is 8.36. The van der Waals surface area contributed by atoms with Crippen molar-refractivity contribution in [1.29, 1.82) is 0 Å². The zero-order valence-electron chi connectivity index (χ0n) is 13.3. The topological polar surface area (TPSA) is 73.4 Å². The second kappa shape index (κ2) is 6.58. The zero-order chi connectivity index (χ0) is 15.5. The van der Waals surface area contributed by atoms with E-state index in [-0.39, 0.29) is 11.9 Å². The van der Waals surface area contributed by atoms with Crippen LogP contribution in [-0.4, -0.2) is 35.9 Å². The fourth-order valence-corrected chi connectivity index (χ4v) is 3.68. The fraction of sp³-hybridized carbons (Fsp3) is 0.750. The molecular formula is C16H26N4O2. The van der Waals surface area contributed by atoms with Crippen LogP contribution in [0.1, 0.15) is 51.0 Å². The van der Waals surface area contributed by atoms with Crippen LogP contribution in [0.4, 0.5) is 11.5 Å². The summed E-state index contributed by atoms with van der Waals surface area (Å²) < 4.78 is 6.87. The minimum Gasteiger partial charge on any atom is -0.469 e. The van der Waals surface area contributed by atoms with Crippen LogP contribution in [0.25, 0.3) is 0 Å². The number of carbonyl (C=O) groups excluding carboxylic acids is 1. The molecule has 2 fully saturated rings. The van der Waals surface area contributed by atoms with Crippen molar-refractivity contribution in [3.8, 4) is 0 Å². The highest BCUT2D eigenvalue weighted by atomic mass is 16.5. The Morgan fingerprint density at radius 3 is 2.55 bits per heavy atom. The summed E-state index contributed by atoms with van der Waals surface area (Å²) in [6.07, 6.45) is 9.36. The summed E-state index contributed by atoms with van der Waals surface area (Å²) in [4.78, 5) is 13.9. The Labute approximate surface area is 131 Å². The van der Waals surface area contributed by atoms with Crippen LogP contribution in [0.15, 0.2) is 6.20 Å². The molecule has 6 heteroatoms. The molecule has 122 valence electrons. The highest BCUT2D eigenvalue weighted by Crippen LogP contribution is 2.34. The number of hydrogen-bond acceptors (Lipinski definition) is 5.